The molecule has 0 spiro atoms. The molecule has 3 aromatic rings. The molecule has 5 heteroatoms. The Bertz CT molecular complexity index is 764. The summed E-state index contributed by atoms with van der Waals surface area (Å²) in [5.41, 5.74) is 1.22. The van der Waals surface area contributed by atoms with E-state index >= 15 is 0 Å². The Hall–Kier alpha value is -2.11. The molecule has 0 aliphatic heterocycles. The molecule has 0 aliphatic rings. The summed E-state index contributed by atoms with van der Waals surface area (Å²) in [6, 6.07) is 12.1. The topological polar surface area (TPSA) is 47.3 Å². The second-order valence-electron chi connectivity index (χ2n) is 5.27. The van der Waals surface area contributed by atoms with Crippen molar-refractivity contribution < 1.29 is 9.15 Å². The van der Waals surface area contributed by atoms with E-state index in [0.717, 1.165) is 46.7 Å². The lowest BCUT2D eigenvalue weighted by molar-refractivity contribution is 0.409. The van der Waals surface area contributed by atoms with Crippen molar-refractivity contribution in [3.8, 4) is 16.4 Å². The first-order valence-corrected chi connectivity index (χ1v) is 8.42. The molecule has 3 rings (SSSR count). The summed E-state index contributed by atoms with van der Waals surface area (Å²) in [5.74, 6) is 2.75. The van der Waals surface area contributed by atoms with E-state index in [1.54, 1.807) is 18.4 Å². The number of nitrogens with zero attached hydrogens (tertiary/aromatic N) is 1. The largest absolute Gasteiger partial charge is 0.496 e. The fourth-order valence-corrected chi connectivity index (χ4v) is 3.25. The van der Waals surface area contributed by atoms with Crippen LogP contribution in [0.25, 0.3) is 10.6 Å². The number of furan rings is 1. The highest BCUT2D eigenvalue weighted by molar-refractivity contribution is 7.15. The monoisotopic (exact) mass is 328 g/mol. The molecule has 1 aromatic carbocycles. The van der Waals surface area contributed by atoms with Crippen LogP contribution in [-0.4, -0.2) is 18.6 Å². The van der Waals surface area contributed by atoms with Crippen LogP contribution in [0.2, 0.25) is 0 Å². The van der Waals surface area contributed by atoms with Gasteiger partial charge in [-0.2, -0.15) is 0 Å². The number of ether oxygens (including phenoxy) is 1. The van der Waals surface area contributed by atoms with E-state index in [1.807, 2.05) is 43.5 Å². The Balaban J connectivity index is 1.50. The van der Waals surface area contributed by atoms with Gasteiger partial charge in [-0.05, 0) is 43.7 Å². The Kier molecular flexibility index (Phi) is 5.10. The average molecular weight is 328 g/mol. The van der Waals surface area contributed by atoms with Gasteiger partial charge in [0.1, 0.15) is 22.3 Å². The summed E-state index contributed by atoms with van der Waals surface area (Å²) in [7, 11) is 1.71. The maximum absolute atomic E-state index is 5.63. The molecule has 0 aliphatic carbocycles. The van der Waals surface area contributed by atoms with Gasteiger partial charge in [-0.15, -0.1) is 11.3 Å². The molecule has 0 bridgehead atoms. The van der Waals surface area contributed by atoms with Crippen molar-refractivity contribution >= 4 is 11.3 Å². The van der Waals surface area contributed by atoms with Crippen molar-refractivity contribution in [1.82, 2.24) is 10.3 Å². The van der Waals surface area contributed by atoms with Crippen LogP contribution in [0, 0.1) is 6.92 Å². The predicted octanol–water partition coefficient (Wildman–Crippen LogP) is 4.05. The van der Waals surface area contributed by atoms with Crippen LogP contribution in [0.15, 0.2) is 47.0 Å². The zero-order chi connectivity index (χ0) is 16.1. The summed E-state index contributed by atoms with van der Waals surface area (Å²) in [6.45, 7) is 3.60. The highest BCUT2D eigenvalue weighted by Gasteiger charge is 2.08. The molecule has 23 heavy (non-hydrogen) atoms. The van der Waals surface area contributed by atoms with E-state index in [4.69, 9.17) is 9.15 Å². The standard InChI is InChI=1S/C18H20N2O2S/c1-13-7-8-16(22-13)17-11-20-18(23-17)12-19-10-9-14-5-3-4-6-15(14)21-2/h3-8,11,19H,9-10,12H2,1-2H3. The maximum Gasteiger partial charge on any atom is 0.145 e. The van der Waals surface area contributed by atoms with Gasteiger partial charge in [0.05, 0.1) is 12.0 Å². The third kappa shape index (κ3) is 4.00. The molecule has 0 amide bonds. The van der Waals surface area contributed by atoms with Crippen molar-refractivity contribution in [2.45, 2.75) is 19.9 Å². The molecule has 0 radical (unpaired) electrons. The lowest BCUT2D eigenvalue weighted by Gasteiger charge is -2.08. The van der Waals surface area contributed by atoms with Gasteiger partial charge in [0.25, 0.3) is 0 Å². The van der Waals surface area contributed by atoms with Crippen molar-refractivity contribution in [2.75, 3.05) is 13.7 Å². The van der Waals surface area contributed by atoms with Crippen LogP contribution >= 0.6 is 11.3 Å². The molecule has 0 saturated heterocycles. The zero-order valence-corrected chi connectivity index (χ0v) is 14.2. The van der Waals surface area contributed by atoms with E-state index < -0.39 is 0 Å². The molecule has 0 fully saturated rings. The highest BCUT2D eigenvalue weighted by atomic mass is 32.1. The number of aromatic nitrogens is 1. The number of aryl methyl sites for hydroxylation is 1. The lowest BCUT2D eigenvalue weighted by atomic mass is 10.1. The molecule has 2 aromatic heterocycles. The molecule has 0 saturated carbocycles. The second-order valence-corrected chi connectivity index (χ2v) is 6.38. The van der Waals surface area contributed by atoms with Crippen LogP contribution in [0.5, 0.6) is 5.75 Å². The Morgan fingerprint density at radius 2 is 2.09 bits per heavy atom. The molecule has 0 unspecified atom stereocenters. The normalized spacial score (nSPS) is 10.9. The van der Waals surface area contributed by atoms with Gasteiger partial charge in [0.2, 0.25) is 0 Å². The number of rotatable bonds is 7. The minimum atomic E-state index is 0.763. The first-order chi connectivity index (χ1) is 11.3. The minimum absolute atomic E-state index is 0.763. The van der Waals surface area contributed by atoms with Gasteiger partial charge >= 0.3 is 0 Å². The van der Waals surface area contributed by atoms with Gasteiger partial charge in [-0.1, -0.05) is 18.2 Å². The van der Waals surface area contributed by atoms with Crippen LogP contribution in [0.4, 0.5) is 0 Å². The first kappa shape index (κ1) is 15.8. The minimum Gasteiger partial charge on any atom is -0.496 e. The van der Waals surface area contributed by atoms with Crippen molar-refractivity contribution in [2.24, 2.45) is 0 Å². The maximum atomic E-state index is 5.63. The quantitative estimate of drug-likeness (QED) is 0.665. The Labute approximate surface area is 140 Å². The average Bonchev–Trinajstić information content (AvgIpc) is 3.21. The fraction of sp³-hybridized carbons (Fsp3) is 0.278. The van der Waals surface area contributed by atoms with Crippen molar-refractivity contribution in [1.29, 1.82) is 0 Å². The van der Waals surface area contributed by atoms with E-state index in [9.17, 15) is 0 Å². The van der Waals surface area contributed by atoms with Gasteiger partial charge in [0.15, 0.2) is 0 Å². The van der Waals surface area contributed by atoms with E-state index in [0.29, 0.717) is 0 Å². The SMILES string of the molecule is COc1ccccc1CCNCc1ncc(-c2ccc(C)o2)s1. The van der Waals surface area contributed by atoms with Crippen LogP contribution in [0.1, 0.15) is 16.3 Å². The number of nitrogens with one attached hydrogen (secondary N) is 1. The van der Waals surface area contributed by atoms with Gasteiger partial charge < -0.3 is 14.5 Å². The lowest BCUT2D eigenvalue weighted by Crippen LogP contribution is -2.16. The second kappa shape index (κ2) is 7.44. The number of hydrogen-bond donors (Lipinski definition) is 1. The van der Waals surface area contributed by atoms with Crippen molar-refractivity contribution in [3.63, 3.8) is 0 Å². The Morgan fingerprint density at radius 3 is 2.87 bits per heavy atom. The third-order valence-corrected chi connectivity index (χ3v) is 4.59. The van der Waals surface area contributed by atoms with Crippen LogP contribution in [-0.2, 0) is 13.0 Å². The van der Waals surface area contributed by atoms with Crippen LogP contribution in [0.3, 0.4) is 0 Å². The molecular weight excluding hydrogens is 308 g/mol. The number of benzene rings is 1. The zero-order valence-electron chi connectivity index (χ0n) is 13.3. The fourth-order valence-electron chi connectivity index (χ4n) is 2.40. The molecule has 4 nitrogen and oxygen atoms in total. The highest BCUT2D eigenvalue weighted by Crippen LogP contribution is 2.27. The van der Waals surface area contributed by atoms with Crippen molar-refractivity contribution in [3.05, 3.63) is 58.9 Å². The summed E-state index contributed by atoms with van der Waals surface area (Å²) >= 11 is 1.66. The number of methoxy groups -OCH3 is 1. The van der Waals surface area contributed by atoms with E-state index in [-0.39, 0.29) is 0 Å². The summed E-state index contributed by atoms with van der Waals surface area (Å²) in [4.78, 5) is 5.52. The molecular formula is C18H20N2O2S. The third-order valence-electron chi connectivity index (χ3n) is 3.58. The number of thiazole rings is 1. The van der Waals surface area contributed by atoms with Gasteiger partial charge in [-0.3, -0.25) is 0 Å². The molecule has 2 heterocycles. The van der Waals surface area contributed by atoms with E-state index in [1.165, 1.54) is 5.56 Å². The summed E-state index contributed by atoms with van der Waals surface area (Å²) in [5, 5.41) is 4.50. The van der Waals surface area contributed by atoms with E-state index in [2.05, 4.69) is 16.4 Å². The molecule has 0 atom stereocenters. The van der Waals surface area contributed by atoms with Crippen LogP contribution < -0.4 is 10.1 Å². The molecule has 1 N–H and O–H groups in total. The molecule has 120 valence electrons. The van der Waals surface area contributed by atoms with Gasteiger partial charge in [-0.25, -0.2) is 4.98 Å². The predicted molar refractivity (Wildman–Crippen MR) is 93.0 cm³/mol. The Morgan fingerprint density at radius 1 is 1.22 bits per heavy atom. The number of para-hydroxylation sites is 1. The number of hydrogen-bond acceptors (Lipinski definition) is 5. The first-order valence-electron chi connectivity index (χ1n) is 7.60. The van der Waals surface area contributed by atoms with Gasteiger partial charge in [0, 0.05) is 12.7 Å². The summed E-state index contributed by atoms with van der Waals surface area (Å²) < 4.78 is 11.0. The smallest absolute Gasteiger partial charge is 0.145 e. The summed E-state index contributed by atoms with van der Waals surface area (Å²) in [6.07, 6.45) is 2.81.